The zero-order chi connectivity index (χ0) is 17.1. The van der Waals surface area contributed by atoms with Crippen molar-refractivity contribution in [2.75, 3.05) is 59.5 Å². The van der Waals surface area contributed by atoms with E-state index in [0.29, 0.717) is 12.1 Å². The highest BCUT2D eigenvalue weighted by atomic mass is 16.5. The Hall–Kier alpha value is -1.01. The van der Waals surface area contributed by atoms with Crippen LogP contribution in [0.2, 0.25) is 0 Å². The molecule has 0 bridgehead atoms. The predicted molar refractivity (Wildman–Crippen MR) is 99.7 cm³/mol. The number of likely N-dealkylation sites (tertiary alicyclic amines) is 1. The van der Waals surface area contributed by atoms with E-state index in [9.17, 15) is 0 Å². The monoisotopic (exact) mass is 344 g/mol. The number of hydrogen-bond donors (Lipinski definition) is 0. The van der Waals surface area contributed by atoms with Crippen molar-refractivity contribution >= 4 is 0 Å². The third kappa shape index (κ3) is 4.22. The van der Waals surface area contributed by atoms with Gasteiger partial charge in [0.25, 0.3) is 0 Å². The van der Waals surface area contributed by atoms with Crippen LogP contribution in [0.15, 0.2) is 24.5 Å². The van der Waals surface area contributed by atoms with Crippen LogP contribution in [-0.4, -0.2) is 91.3 Å². The SMILES string of the molecule is CN1CCN([C@@H]2CCN(C[C@H]3CCOC3)[C@H]2Cc2cccnc2)CC1. The molecule has 0 radical (unpaired) electrons. The lowest BCUT2D eigenvalue weighted by Gasteiger charge is -2.40. The summed E-state index contributed by atoms with van der Waals surface area (Å²) in [7, 11) is 2.24. The first-order chi connectivity index (χ1) is 12.3. The highest BCUT2D eigenvalue weighted by Gasteiger charge is 2.39. The molecule has 0 saturated carbocycles. The maximum atomic E-state index is 5.62. The molecule has 0 spiro atoms. The first-order valence-electron chi connectivity index (χ1n) is 9.93. The molecular formula is C20H32N4O. The van der Waals surface area contributed by atoms with Gasteiger partial charge >= 0.3 is 0 Å². The van der Waals surface area contributed by atoms with E-state index in [2.05, 4.69) is 45.1 Å². The molecule has 138 valence electrons. The Labute approximate surface area is 152 Å². The number of hydrogen-bond acceptors (Lipinski definition) is 5. The minimum Gasteiger partial charge on any atom is -0.381 e. The van der Waals surface area contributed by atoms with Crippen LogP contribution in [-0.2, 0) is 11.2 Å². The quantitative estimate of drug-likeness (QED) is 0.805. The van der Waals surface area contributed by atoms with Crippen LogP contribution in [0.25, 0.3) is 0 Å². The van der Waals surface area contributed by atoms with Crippen LogP contribution < -0.4 is 0 Å². The van der Waals surface area contributed by atoms with Crippen LogP contribution in [0.1, 0.15) is 18.4 Å². The average Bonchev–Trinajstić information content (AvgIpc) is 3.28. The van der Waals surface area contributed by atoms with Crippen LogP contribution in [0, 0.1) is 5.92 Å². The van der Waals surface area contributed by atoms with Gasteiger partial charge in [-0.05, 0) is 43.9 Å². The summed E-state index contributed by atoms with van der Waals surface area (Å²) < 4.78 is 5.62. The van der Waals surface area contributed by atoms with Crippen molar-refractivity contribution in [1.29, 1.82) is 0 Å². The van der Waals surface area contributed by atoms with Gasteiger partial charge in [-0.3, -0.25) is 14.8 Å². The van der Waals surface area contributed by atoms with Gasteiger partial charge in [-0.2, -0.15) is 0 Å². The van der Waals surface area contributed by atoms with E-state index >= 15 is 0 Å². The number of nitrogens with zero attached hydrogens (tertiary/aromatic N) is 4. The molecular weight excluding hydrogens is 312 g/mol. The Kier molecular flexibility index (Phi) is 5.66. The van der Waals surface area contributed by atoms with Crippen molar-refractivity contribution in [1.82, 2.24) is 19.7 Å². The fourth-order valence-electron chi connectivity index (χ4n) is 4.79. The number of pyridine rings is 1. The summed E-state index contributed by atoms with van der Waals surface area (Å²) in [4.78, 5) is 12.3. The summed E-state index contributed by atoms with van der Waals surface area (Å²) in [5.41, 5.74) is 1.38. The minimum absolute atomic E-state index is 0.619. The second kappa shape index (κ2) is 8.12. The molecule has 4 rings (SSSR count). The van der Waals surface area contributed by atoms with Gasteiger partial charge in [0, 0.05) is 70.4 Å². The highest BCUT2D eigenvalue weighted by Crippen LogP contribution is 2.29. The fourth-order valence-corrected chi connectivity index (χ4v) is 4.79. The number of likely N-dealkylation sites (N-methyl/N-ethyl adjacent to an activating group) is 1. The van der Waals surface area contributed by atoms with Crippen molar-refractivity contribution in [3.8, 4) is 0 Å². The van der Waals surface area contributed by atoms with Crippen LogP contribution in [0.3, 0.4) is 0 Å². The van der Waals surface area contributed by atoms with Gasteiger partial charge in [0.2, 0.25) is 0 Å². The largest absolute Gasteiger partial charge is 0.381 e. The van der Waals surface area contributed by atoms with Gasteiger partial charge in [-0.15, -0.1) is 0 Å². The van der Waals surface area contributed by atoms with E-state index in [1.54, 1.807) is 0 Å². The minimum atomic E-state index is 0.619. The standard InChI is InChI=1S/C20H32N4O/c1-22-8-10-23(11-9-22)19-4-7-24(15-18-5-12-25-16-18)20(19)13-17-3-2-6-21-14-17/h2-3,6,14,18-20H,4-5,7-13,15-16H2,1H3/t18-,19-,20+/m1/s1. The molecule has 0 N–H and O–H groups in total. The molecule has 3 atom stereocenters. The Morgan fingerprint density at radius 2 is 2.04 bits per heavy atom. The van der Waals surface area contributed by atoms with Crippen molar-refractivity contribution in [2.45, 2.75) is 31.3 Å². The Balaban J connectivity index is 1.46. The molecule has 5 heteroatoms. The molecule has 1 aromatic rings. The molecule has 3 saturated heterocycles. The van der Waals surface area contributed by atoms with Crippen molar-refractivity contribution in [3.63, 3.8) is 0 Å². The normalized spacial score (nSPS) is 32.4. The second-order valence-corrected chi connectivity index (χ2v) is 8.05. The zero-order valence-corrected chi connectivity index (χ0v) is 15.5. The van der Waals surface area contributed by atoms with Crippen molar-refractivity contribution < 1.29 is 4.74 Å². The zero-order valence-electron chi connectivity index (χ0n) is 15.5. The summed E-state index contributed by atoms with van der Waals surface area (Å²) in [6.45, 7) is 9.17. The maximum absolute atomic E-state index is 5.62. The van der Waals surface area contributed by atoms with Crippen molar-refractivity contribution in [3.05, 3.63) is 30.1 Å². The maximum Gasteiger partial charge on any atom is 0.0507 e. The second-order valence-electron chi connectivity index (χ2n) is 8.05. The third-order valence-corrected chi connectivity index (χ3v) is 6.32. The summed E-state index contributed by atoms with van der Waals surface area (Å²) in [5, 5.41) is 0. The molecule has 0 aliphatic carbocycles. The lowest BCUT2D eigenvalue weighted by molar-refractivity contribution is 0.0816. The molecule has 5 nitrogen and oxygen atoms in total. The summed E-state index contributed by atoms with van der Waals surface area (Å²) in [5.74, 6) is 0.725. The van der Waals surface area contributed by atoms with Crippen LogP contribution in [0.4, 0.5) is 0 Å². The van der Waals surface area contributed by atoms with Gasteiger partial charge < -0.3 is 9.64 Å². The van der Waals surface area contributed by atoms with E-state index < -0.39 is 0 Å². The van der Waals surface area contributed by atoms with E-state index in [1.807, 2.05) is 6.20 Å². The first kappa shape index (κ1) is 17.4. The van der Waals surface area contributed by atoms with Gasteiger partial charge in [-0.25, -0.2) is 0 Å². The Morgan fingerprint density at radius 1 is 1.16 bits per heavy atom. The molecule has 3 aliphatic heterocycles. The van der Waals surface area contributed by atoms with Crippen LogP contribution in [0.5, 0.6) is 0 Å². The first-order valence-corrected chi connectivity index (χ1v) is 9.93. The number of rotatable bonds is 5. The Morgan fingerprint density at radius 3 is 2.76 bits per heavy atom. The molecule has 1 aromatic heterocycles. The number of piperazine rings is 1. The highest BCUT2D eigenvalue weighted by molar-refractivity contribution is 5.13. The molecule has 4 heterocycles. The molecule has 25 heavy (non-hydrogen) atoms. The van der Waals surface area contributed by atoms with E-state index in [0.717, 1.165) is 25.6 Å². The van der Waals surface area contributed by atoms with Crippen LogP contribution >= 0.6 is 0 Å². The lowest BCUT2D eigenvalue weighted by Crippen LogP contribution is -2.53. The molecule has 3 fully saturated rings. The fraction of sp³-hybridized carbons (Fsp3) is 0.750. The topological polar surface area (TPSA) is 31.8 Å². The molecule has 3 aliphatic rings. The van der Waals surface area contributed by atoms with Gasteiger partial charge in [0.05, 0.1) is 6.61 Å². The third-order valence-electron chi connectivity index (χ3n) is 6.32. The van der Waals surface area contributed by atoms with Crippen molar-refractivity contribution in [2.24, 2.45) is 5.92 Å². The predicted octanol–water partition coefficient (Wildman–Crippen LogP) is 1.35. The average molecular weight is 345 g/mol. The Bertz CT molecular complexity index is 526. The number of ether oxygens (including phenoxy) is 1. The summed E-state index contributed by atoms with van der Waals surface area (Å²) in [6, 6.07) is 5.62. The number of aromatic nitrogens is 1. The van der Waals surface area contributed by atoms with Gasteiger partial charge in [0.15, 0.2) is 0 Å². The lowest BCUT2D eigenvalue weighted by atomic mass is 9.98. The van der Waals surface area contributed by atoms with Gasteiger partial charge in [0.1, 0.15) is 0 Å². The summed E-state index contributed by atoms with van der Waals surface area (Å²) >= 11 is 0. The smallest absolute Gasteiger partial charge is 0.0507 e. The molecule has 0 unspecified atom stereocenters. The van der Waals surface area contributed by atoms with E-state index in [-0.39, 0.29) is 0 Å². The molecule has 0 aromatic carbocycles. The molecule has 0 amide bonds. The van der Waals surface area contributed by atoms with Gasteiger partial charge in [-0.1, -0.05) is 6.07 Å². The van der Waals surface area contributed by atoms with E-state index in [1.165, 1.54) is 57.7 Å². The summed E-state index contributed by atoms with van der Waals surface area (Å²) in [6.07, 6.45) is 7.59. The van der Waals surface area contributed by atoms with E-state index in [4.69, 9.17) is 4.74 Å².